The lowest BCUT2D eigenvalue weighted by Crippen LogP contribution is -2.20. The predicted molar refractivity (Wildman–Crippen MR) is 126 cm³/mol. The maximum Gasteiger partial charge on any atom is 0.219 e. The number of pyridine rings is 2. The summed E-state index contributed by atoms with van der Waals surface area (Å²) in [4.78, 5) is 0. The Morgan fingerprint density at radius 3 is 1.97 bits per heavy atom. The maximum absolute atomic E-state index is 5.84. The number of ether oxygens (including phenoxy) is 4. The molecule has 5 rings (SSSR count). The van der Waals surface area contributed by atoms with Crippen LogP contribution in [0.2, 0.25) is 0 Å². The van der Waals surface area contributed by atoms with E-state index >= 15 is 0 Å². The highest BCUT2D eigenvalue weighted by Crippen LogP contribution is 2.44. The molecule has 0 saturated heterocycles. The zero-order chi connectivity index (χ0) is 22.2. The lowest BCUT2D eigenvalue weighted by Gasteiger charge is -2.16. The molecular formula is C27H24NO4+. The highest BCUT2D eigenvalue weighted by atomic mass is 16.5. The van der Waals surface area contributed by atoms with Gasteiger partial charge in [-0.1, -0.05) is 30.3 Å². The number of fused-ring (bicyclic) bond motifs is 4. The first-order valence-corrected chi connectivity index (χ1v) is 10.3. The van der Waals surface area contributed by atoms with Crippen molar-refractivity contribution in [3.8, 4) is 34.1 Å². The van der Waals surface area contributed by atoms with E-state index in [0.717, 1.165) is 49.7 Å². The summed E-state index contributed by atoms with van der Waals surface area (Å²) in [7, 11) is 6.66. The number of hydrogen-bond acceptors (Lipinski definition) is 4. The van der Waals surface area contributed by atoms with Gasteiger partial charge in [-0.2, -0.15) is 4.40 Å². The quantitative estimate of drug-likeness (QED) is 0.213. The van der Waals surface area contributed by atoms with Gasteiger partial charge in [-0.25, -0.2) is 0 Å². The molecule has 0 bridgehead atoms. The van der Waals surface area contributed by atoms with Gasteiger partial charge < -0.3 is 18.9 Å². The molecule has 0 amide bonds. The van der Waals surface area contributed by atoms with Crippen molar-refractivity contribution in [2.75, 3.05) is 28.4 Å². The summed E-state index contributed by atoms with van der Waals surface area (Å²) in [5, 5.41) is 4.18. The number of methoxy groups -OCH3 is 4. The average Bonchev–Trinajstić information content (AvgIpc) is 2.85. The predicted octanol–water partition coefficient (Wildman–Crippen LogP) is 5.43. The Hall–Kier alpha value is -3.99. The molecule has 32 heavy (non-hydrogen) atoms. The van der Waals surface area contributed by atoms with E-state index in [0.29, 0.717) is 11.5 Å². The van der Waals surface area contributed by atoms with Gasteiger partial charge in [0.05, 0.1) is 39.2 Å². The first kappa shape index (κ1) is 19.9. The third-order valence-corrected chi connectivity index (χ3v) is 5.88. The Labute approximate surface area is 186 Å². The Bertz CT molecular complexity index is 1460. The highest BCUT2D eigenvalue weighted by Gasteiger charge is 2.21. The third-order valence-electron chi connectivity index (χ3n) is 5.88. The molecular weight excluding hydrogens is 402 g/mol. The van der Waals surface area contributed by atoms with Crippen LogP contribution in [0.5, 0.6) is 23.0 Å². The van der Waals surface area contributed by atoms with Gasteiger partial charge in [-0.05, 0) is 29.1 Å². The van der Waals surface area contributed by atoms with E-state index in [4.69, 9.17) is 18.9 Å². The van der Waals surface area contributed by atoms with Gasteiger partial charge in [0.1, 0.15) is 0 Å². The van der Waals surface area contributed by atoms with Crippen LogP contribution in [-0.2, 0) is 0 Å². The van der Waals surface area contributed by atoms with Crippen molar-refractivity contribution in [2.45, 2.75) is 0 Å². The number of rotatable bonds is 5. The lowest BCUT2D eigenvalue weighted by molar-refractivity contribution is -0.509. The second-order valence-corrected chi connectivity index (χ2v) is 7.54. The molecule has 0 radical (unpaired) electrons. The molecule has 3 aromatic carbocycles. The van der Waals surface area contributed by atoms with Crippen molar-refractivity contribution in [1.82, 2.24) is 0 Å². The number of aromatic nitrogens is 1. The molecule has 2 heterocycles. The minimum absolute atomic E-state index is 0.703. The second kappa shape index (κ2) is 7.93. The standard InChI is InChI=1S/C27H24NO4/c1-29-24-13-18-12-23-22-15-21(17-8-6-5-7-9-17)27(32-4)26(31-3)20(22)10-11-28(23)16-19(18)14-25(24)30-2/h5-16H,1-4H3/q+1. The minimum atomic E-state index is 0.703. The van der Waals surface area contributed by atoms with Crippen LogP contribution >= 0.6 is 0 Å². The fraction of sp³-hybridized carbons (Fsp3) is 0.148. The van der Waals surface area contributed by atoms with Crippen LogP contribution in [-0.4, -0.2) is 28.4 Å². The molecule has 160 valence electrons. The smallest absolute Gasteiger partial charge is 0.219 e. The SMILES string of the molecule is COc1cc2cc3c4cc(-c5ccccc5)c(OC)c(OC)c4cc[n+]3cc2cc1OC. The van der Waals surface area contributed by atoms with E-state index in [2.05, 4.69) is 40.9 Å². The van der Waals surface area contributed by atoms with Crippen molar-refractivity contribution in [1.29, 1.82) is 0 Å². The zero-order valence-corrected chi connectivity index (χ0v) is 18.5. The van der Waals surface area contributed by atoms with E-state index in [1.54, 1.807) is 28.4 Å². The van der Waals surface area contributed by atoms with E-state index in [9.17, 15) is 0 Å². The van der Waals surface area contributed by atoms with E-state index in [-0.39, 0.29) is 0 Å². The second-order valence-electron chi connectivity index (χ2n) is 7.54. The lowest BCUT2D eigenvalue weighted by atomic mass is 9.98. The van der Waals surface area contributed by atoms with Crippen LogP contribution in [0.3, 0.4) is 0 Å². The molecule has 0 N–H and O–H groups in total. The van der Waals surface area contributed by atoms with Gasteiger partial charge in [0.25, 0.3) is 0 Å². The third kappa shape index (κ3) is 3.05. The van der Waals surface area contributed by atoms with Crippen molar-refractivity contribution in [2.24, 2.45) is 0 Å². The molecule has 0 unspecified atom stereocenters. The van der Waals surface area contributed by atoms with Gasteiger partial charge in [-0.3, -0.25) is 0 Å². The molecule has 0 aliphatic carbocycles. The molecule has 5 heteroatoms. The van der Waals surface area contributed by atoms with Crippen LogP contribution in [0.15, 0.2) is 73.1 Å². The number of hydrogen-bond donors (Lipinski definition) is 0. The fourth-order valence-corrected chi connectivity index (χ4v) is 4.35. The molecule has 0 spiro atoms. The van der Waals surface area contributed by atoms with E-state index in [1.165, 1.54) is 0 Å². The Morgan fingerprint density at radius 1 is 0.625 bits per heavy atom. The van der Waals surface area contributed by atoms with Gasteiger partial charge in [-0.15, -0.1) is 0 Å². The van der Waals surface area contributed by atoms with Crippen LogP contribution in [0.4, 0.5) is 0 Å². The van der Waals surface area contributed by atoms with E-state index in [1.807, 2.05) is 36.5 Å². The normalized spacial score (nSPS) is 11.1. The summed E-state index contributed by atoms with van der Waals surface area (Å²) in [5.74, 6) is 2.86. The van der Waals surface area contributed by atoms with E-state index < -0.39 is 0 Å². The maximum atomic E-state index is 5.84. The monoisotopic (exact) mass is 426 g/mol. The van der Waals surface area contributed by atoms with Crippen LogP contribution in [0.1, 0.15) is 0 Å². The molecule has 0 aliphatic rings. The summed E-state index contributed by atoms with van der Waals surface area (Å²) in [6.07, 6.45) is 4.14. The van der Waals surface area contributed by atoms with Crippen molar-refractivity contribution in [3.05, 3.63) is 73.1 Å². The Morgan fingerprint density at radius 2 is 1.31 bits per heavy atom. The van der Waals surface area contributed by atoms with Crippen molar-refractivity contribution < 1.29 is 23.3 Å². The average molecular weight is 426 g/mol. The first-order chi connectivity index (χ1) is 15.7. The van der Waals surface area contributed by atoms with Crippen LogP contribution in [0, 0.1) is 0 Å². The topological polar surface area (TPSA) is 41.0 Å². The summed E-state index contributed by atoms with van der Waals surface area (Å²) in [6, 6.07) is 20.6. The number of benzene rings is 3. The Kier molecular flexibility index (Phi) is 4.94. The summed E-state index contributed by atoms with van der Waals surface area (Å²) >= 11 is 0. The minimum Gasteiger partial charge on any atom is -0.493 e. The Balaban J connectivity index is 1.89. The van der Waals surface area contributed by atoms with Gasteiger partial charge >= 0.3 is 0 Å². The highest BCUT2D eigenvalue weighted by molar-refractivity contribution is 6.05. The zero-order valence-electron chi connectivity index (χ0n) is 18.5. The van der Waals surface area contributed by atoms with Crippen molar-refractivity contribution >= 4 is 27.1 Å². The number of nitrogens with zero attached hydrogens (tertiary/aromatic N) is 1. The molecule has 0 fully saturated rings. The molecule has 5 aromatic rings. The van der Waals surface area contributed by atoms with Crippen LogP contribution < -0.4 is 23.3 Å². The first-order valence-electron chi connectivity index (χ1n) is 10.3. The summed E-state index contributed by atoms with van der Waals surface area (Å²) in [6.45, 7) is 0. The van der Waals surface area contributed by atoms with Gasteiger partial charge in [0.15, 0.2) is 35.4 Å². The molecule has 0 atom stereocenters. The van der Waals surface area contributed by atoms with Crippen LogP contribution in [0.25, 0.3) is 38.2 Å². The molecule has 0 saturated carbocycles. The van der Waals surface area contributed by atoms with Gasteiger partial charge in [0, 0.05) is 23.1 Å². The van der Waals surface area contributed by atoms with Gasteiger partial charge in [0.2, 0.25) is 5.52 Å². The fourth-order valence-electron chi connectivity index (χ4n) is 4.35. The molecule has 0 aliphatic heterocycles. The largest absolute Gasteiger partial charge is 0.493 e. The summed E-state index contributed by atoms with van der Waals surface area (Å²) in [5.41, 5.74) is 3.11. The van der Waals surface area contributed by atoms with Crippen molar-refractivity contribution in [3.63, 3.8) is 0 Å². The molecule has 2 aromatic heterocycles. The summed E-state index contributed by atoms with van der Waals surface area (Å²) < 4.78 is 24.8. The molecule has 5 nitrogen and oxygen atoms in total.